The minimum atomic E-state index is -0.185. The zero-order chi connectivity index (χ0) is 15.4. The van der Waals surface area contributed by atoms with Gasteiger partial charge in [-0.05, 0) is 40.2 Å². The van der Waals surface area contributed by atoms with E-state index < -0.39 is 0 Å². The molecular formula is C15H24N4O2. The third kappa shape index (κ3) is 4.39. The van der Waals surface area contributed by atoms with Gasteiger partial charge in [0.2, 0.25) is 5.91 Å². The molecule has 1 aromatic heterocycles. The summed E-state index contributed by atoms with van der Waals surface area (Å²) in [6.07, 6.45) is 1.98. The van der Waals surface area contributed by atoms with Gasteiger partial charge in [0.25, 0.3) is 5.56 Å². The van der Waals surface area contributed by atoms with Crippen LogP contribution < -0.4 is 10.9 Å². The summed E-state index contributed by atoms with van der Waals surface area (Å²) >= 11 is 0. The van der Waals surface area contributed by atoms with E-state index in [9.17, 15) is 9.59 Å². The maximum Gasteiger partial charge on any atom is 0.251 e. The van der Waals surface area contributed by atoms with Crippen LogP contribution >= 0.6 is 0 Å². The molecule has 1 saturated heterocycles. The number of H-pyrrole nitrogens is 1. The molecule has 21 heavy (non-hydrogen) atoms. The molecule has 1 amide bonds. The van der Waals surface area contributed by atoms with Crippen LogP contribution in [0.1, 0.15) is 38.2 Å². The molecule has 2 heterocycles. The number of carbonyl (C=O) groups is 1. The zero-order valence-corrected chi connectivity index (χ0v) is 13.0. The minimum Gasteiger partial charge on any atom is -0.350 e. The van der Waals surface area contributed by atoms with Crippen molar-refractivity contribution in [3.8, 4) is 0 Å². The Kier molecular flexibility index (Phi) is 5.12. The van der Waals surface area contributed by atoms with E-state index in [2.05, 4.69) is 34.0 Å². The Morgan fingerprint density at radius 1 is 1.57 bits per heavy atom. The number of piperidine rings is 1. The van der Waals surface area contributed by atoms with Crippen molar-refractivity contribution in [1.29, 1.82) is 0 Å². The Morgan fingerprint density at radius 3 is 3.00 bits per heavy atom. The molecular weight excluding hydrogens is 268 g/mol. The van der Waals surface area contributed by atoms with Crippen LogP contribution in [0.15, 0.2) is 10.9 Å². The molecule has 0 radical (unpaired) electrons. The van der Waals surface area contributed by atoms with Crippen molar-refractivity contribution in [2.24, 2.45) is 5.92 Å². The lowest BCUT2D eigenvalue weighted by molar-refractivity contribution is -0.127. The number of aromatic amines is 1. The number of carbonyl (C=O) groups excluding carboxylic acids is 1. The number of amides is 1. The summed E-state index contributed by atoms with van der Waals surface area (Å²) in [5, 5.41) is 2.90. The highest BCUT2D eigenvalue weighted by atomic mass is 16.2. The fourth-order valence-electron chi connectivity index (χ4n) is 2.74. The molecule has 1 aliphatic rings. The van der Waals surface area contributed by atoms with Crippen LogP contribution in [0.25, 0.3) is 0 Å². The third-order valence-electron chi connectivity index (χ3n) is 3.91. The summed E-state index contributed by atoms with van der Waals surface area (Å²) in [4.78, 5) is 32.8. The smallest absolute Gasteiger partial charge is 0.251 e. The predicted molar refractivity (Wildman–Crippen MR) is 80.9 cm³/mol. The number of rotatable bonds is 4. The van der Waals surface area contributed by atoms with Gasteiger partial charge in [-0.25, -0.2) is 4.98 Å². The Bertz CT molecular complexity index is 553. The Labute approximate surface area is 125 Å². The van der Waals surface area contributed by atoms with Crippen molar-refractivity contribution < 1.29 is 4.79 Å². The van der Waals surface area contributed by atoms with Gasteiger partial charge in [0.1, 0.15) is 5.82 Å². The maximum atomic E-state index is 12.3. The average molecular weight is 292 g/mol. The fourth-order valence-corrected chi connectivity index (χ4v) is 2.74. The monoisotopic (exact) mass is 292 g/mol. The van der Waals surface area contributed by atoms with Crippen LogP contribution in [-0.4, -0.2) is 39.9 Å². The van der Waals surface area contributed by atoms with Crippen molar-refractivity contribution in [2.45, 2.75) is 46.2 Å². The van der Waals surface area contributed by atoms with E-state index in [0.717, 1.165) is 25.9 Å². The lowest BCUT2D eigenvalue weighted by Crippen LogP contribution is -2.45. The van der Waals surface area contributed by atoms with Gasteiger partial charge in [0.05, 0.1) is 18.2 Å². The highest BCUT2D eigenvalue weighted by Gasteiger charge is 2.26. The Morgan fingerprint density at radius 2 is 2.33 bits per heavy atom. The van der Waals surface area contributed by atoms with E-state index in [4.69, 9.17) is 0 Å². The van der Waals surface area contributed by atoms with Gasteiger partial charge in [-0.3, -0.25) is 9.59 Å². The number of nitrogens with one attached hydrogen (secondary N) is 2. The van der Waals surface area contributed by atoms with E-state index in [1.54, 1.807) is 6.92 Å². The molecule has 1 aromatic rings. The largest absolute Gasteiger partial charge is 0.350 e. The summed E-state index contributed by atoms with van der Waals surface area (Å²) in [7, 11) is 0. The number of nitrogens with zero attached hydrogens (tertiary/aromatic N) is 2. The first kappa shape index (κ1) is 15.7. The van der Waals surface area contributed by atoms with Gasteiger partial charge in [-0.15, -0.1) is 0 Å². The zero-order valence-electron chi connectivity index (χ0n) is 13.0. The molecule has 6 heteroatoms. The summed E-state index contributed by atoms with van der Waals surface area (Å²) in [6, 6.07) is 1.90. The summed E-state index contributed by atoms with van der Waals surface area (Å²) in [5.74, 6) is 0.653. The number of hydrogen-bond donors (Lipinski definition) is 2. The van der Waals surface area contributed by atoms with Gasteiger partial charge < -0.3 is 15.2 Å². The molecule has 2 rings (SSSR count). The van der Waals surface area contributed by atoms with E-state index >= 15 is 0 Å². The first-order valence-electron chi connectivity index (χ1n) is 7.54. The molecule has 0 aliphatic carbocycles. The summed E-state index contributed by atoms with van der Waals surface area (Å²) < 4.78 is 0. The Balaban J connectivity index is 1.90. The molecule has 0 bridgehead atoms. The second-order valence-electron chi connectivity index (χ2n) is 5.97. The normalized spacial score (nSPS) is 19.7. The van der Waals surface area contributed by atoms with Crippen LogP contribution in [0.3, 0.4) is 0 Å². The topological polar surface area (TPSA) is 78.1 Å². The minimum absolute atomic E-state index is 0.0317. The molecule has 1 aliphatic heterocycles. The number of aryl methyl sites for hydroxylation is 1. The quantitative estimate of drug-likeness (QED) is 0.861. The lowest BCUT2D eigenvalue weighted by atomic mass is 9.96. The standard InChI is InChI=1S/C15H24N4O2/c1-10(2)19-6-4-5-12(9-19)15(21)16-8-13-7-14(20)18-11(3)17-13/h7,10,12H,4-6,8-9H2,1-3H3,(H,16,21)(H,17,18,20). The van der Waals surface area contributed by atoms with Gasteiger partial charge in [0.15, 0.2) is 0 Å². The fraction of sp³-hybridized carbons (Fsp3) is 0.667. The molecule has 0 saturated carbocycles. The molecule has 116 valence electrons. The SMILES string of the molecule is Cc1nc(CNC(=O)C2CCCN(C(C)C)C2)cc(=O)[nH]1. The molecule has 1 fully saturated rings. The van der Waals surface area contributed by atoms with Crippen molar-refractivity contribution in [3.05, 3.63) is 27.9 Å². The van der Waals surface area contributed by atoms with Crippen LogP contribution in [-0.2, 0) is 11.3 Å². The van der Waals surface area contributed by atoms with E-state index in [0.29, 0.717) is 24.1 Å². The van der Waals surface area contributed by atoms with Crippen molar-refractivity contribution in [1.82, 2.24) is 20.2 Å². The van der Waals surface area contributed by atoms with Crippen LogP contribution in [0, 0.1) is 12.8 Å². The molecule has 1 atom stereocenters. The van der Waals surface area contributed by atoms with E-state index in [-0.39, 0.29) is 17.4 Å². The predicted octanol–water partition coefficient (Wildman–Crippen LogP) is 0.815. The number of likely N-dealkylation sites (tertiary alicyclic amines) is 1. The van der Waals surface area contributed by atoms with Crippen molar-refractivity contribution in [3.63, 3.8) is 0 Å². The highest BCUT2D eigenvalue weighted by Crippen LogP contribution is 2.18. The van der Waals surface area contributed by atoms with Crippen LogP contribution in [0.5, 0.6) is 0 Å². The molecule has 0 aromatic carbocycles. The average Bonchev–Trinajstić information content (AvgIpc) is 2.44. The van der Waals surface area contributed by atoms with E-state index in [1.807, 2.05) is 0 Å². The number of aromatic nitrogens is 2. The summed E-state index contributed by atoms with van der Waals surface area (Å²) in [5.41, 5.74) is 0.413. The maximum absolute atomic E-state index is 12.3. The molecule has 0 spiro atoms. The second-order valence-corrected chi connectivity index (χ2v) is 5.97. The van der Waals surface area contributed by atoms with Gasteiger partial charge in [-0.2, -0.15) is 0 Å². The first-order valence-corrected chi connectivity index (χ1v) is 7.54. The van der Waals surface area contributed by atoms with Crippen molar-refractivity contribution >= 4 is 5.91 Å². The highest BCUT2D eigenvalue weighted by molar-refractivity contribution is 5.78. The van der Waals surface area contributed by atoms with Gasteiger partial charge in [-0.1, -0.05) is 0 Å². The first-order chi connectivity index (χ1) is 9.95. The second kappa shape index (κ2) is 6.85. The number of hydrogen-bond acceptors (Lipinski definition) is 4. The van der Waals surface area contributed by atoms with E-state index in [1.165, 1.54) is 6.07 Å². The van der Waals surface area contributed by atoms with Crippen LogP contribution in [0.4, 0.5) is 0 Å². The van der Waals surface area contributed by atoms with Gasteiger partial charge in [0, 0.05) is 18.7 Å². The molecule has 2 N–H and O–H groups in total. The molecule has 6 nitrogen and oxygen atoms in total. The van der Waals surface area contributed by atoms with Gasteiger partial charge >= 0.3 is 0 Å². The Hall–Kier alpha value is -1.69. The molecule has 1 unspecified atom stereocenters. The third-order valence-corrected chi connectivity index (χ3v) is 3.91. The van der Waals surface area contributed by atoms with Crippen molar-refractivity contribution in [2.75, 3.05) is 13.1 Å². The lowest BCUT2D eigenvalue weighted by Gasteiger charge is -2.34. The van der Waals surface area contributed by atoms with Crippen LogP contribution in [0.2, 0.25) is 0 Å². The summed E-state index contributed by atoms with van der Waals surface area (Å²) in [6.45, 7) is 8.23.